The summed E-state index contributed by atoms with van der Waals surface area (Å²) in [4.78, 5) is 0. The van der Waals surface area contributed by atoms with Crippen molar-refractivity contribution in [1.82, 2.24) is 5.43 Å². The molecule has 1 aromatic carbocycles. The molecule has 94 valence electrons. The number of ether oxygens (including phenoxy) is 1. The molecule has 0 aromatic heterocycles. The Hall–Kier alpha value is -0.610. The van der Waals surface area contributed by atoms with Crippen LogP contribution < -0.4 is 11.3 Å². The molecule has 3 nitrogen and oxygen atoms in total. The highest BCUT2D eigenvalue weighted by molar-refractivity contribution is 6.30. The quantitative estimate of drug-likeness (QED) is 0.639. The van der Waals surface area contributed by atoms with Crippen LogP contribution in [0.15, 0.2) is 24.3 Å². The second-order valence-corrected chi connectivity index (χ2v) is 5.15. The lowest BCUT2D eigenvalue weighted by Gasteiger charge is -2.25. The van der Waals surface area contributed by atoms with Crippen LogP contribution >= 0.6 is 11.6 Å². The Morgan fingerprint density at radius 2 is 2.41 bits per heavy atom. The van der Waals surface area contributed by atoms with E-state index < -0.39 is 0 Å². The molecule has 0 radical (unpaired) electrons. The number of hydrazine groups is 1. The molecule has 4 heteroatoms. The third kappa shape index (κ3) is 3.19. The number of nitrogens with two attached hydrogens (primary N) is 1. The Balaban J connectivity index is 2.04. The van der Waals surface area contributed by atoms with Gasteiger partial charge in [-0.3, -0.25) is 11.3 Å². The predicted molar refractivity (Wildman–Crippen MR) is 69.8 cm³/mol. The molecule has 1 aliphatic heterocycles. The molecule has 0 spiro atoms. The van der Waals surface area contributed by atoms with Gasteiger partial charge in [-0.05, 0) is 36.5 Å². The predicted octanol–water partition coefficient (Wildman–Crippen LogP) is 2.14. The largest absolute Gasteiger partial charge is 0.376 e. The zero-order valence-electron chi connectivity index (χ0n) is 10.0. The number of hydrogen-bond donors (Lipinski definition) is 2. The van der Waals surface area contributed by atoms with Crippen molar-refractivity contribution >= 4 is 11.6 Å². The van der Waals surface area contributed by atoms with Gasteiger partial charge in [0.15, 0.2) is 0 Å². The van der Waals surface area contributed by atoms with Crippen LogP contribution in [0.1, 0.15) is 18.9 Å². The van der Waals surface area contributed by atoms with E-state index in [1.807, 2.05) is 18.2 Å². The smallest absolute Gasteiger partial charge is 0.0771 e. The minimum Gasteiger partial charge on any atom is -0.376 e. The molecule has 0 saturated carbocycles. The van der Waals surface area contributed by atoms with E-state index in [0.717, 1.165) is 24.5 Å². The fraction of sp³-hybridized carbons (Fsp3) is 0.538. The summed E-state index contributed by atoms with van der Waals surface area (Å²) in [5.74, 6) is 6.19. The van der Waals surface area contributed by atoms with Gasteiger partial charge >= 0.3 is 0 Å². The summed E-state index contributed by atoms with van der Waals surface area (Å²) < 4.78 is 5.75. The van der Waals surface area contributed by atoms with Crippen LogP contribution in [0.5, 0.6) is 0 Å². The van der Waals surface area contributed by atoms with Crippen LogP contribution in [0.25, 0.3) is 0 Å². The van der Waals surface area contributed by atoms with Crippen LogP contribution in [0, 0.1) is 5.92 Å². The first-order chi connectivity index (χ1) is 8.20. The van der Waals surface area contributed by atoms with Gasteiger partial charge in [-0.25, -0.2) is 0 Å². The van der Waals surface area contributed by atoms with Gasteiger partial charge in [0, 0.05) is 11.6 Å². The van der Waals surface area contributed by atoms with Crippen molar-refractivity contribution in [2.24, 2.45) is 11.8 Å². The third-order valence-electron chi connectivity index (χ3n) is 3.40. The van der Waals surface area contributed by atoms with Gasteiger partial charge in [0.25, 0.3) is 0 Å². The molecule has 1 aromatic rings. The summed E-state index contributed by atoms with van der Waals surface area (Å²) in [6, 6.07) is 8.03. The highest BCUT2D eigenvalue weighted by Crippen LogP contribution is 2.24. The van der Waals surface area contributed by atoms with Crippen molar-refractivity contribution in [3.63, 3.8) is 0 Å². The maximum Gasteiger partial charge on any atom is 0.0771 e. The molecule has 3 unspecified atom stereocenters. The Morgan fingerprint density at radius 3 is 3.00 bits per heavy atom. The maximum atomic E-state index is 5.98. The summed E-state index contributed by atoms with van der Waals surface area (Å²) in [6.07, 6.45) is 2.14. The van der Waals surface area contributed by atoms with Gasteiger partial charge in [-0.1, -0.05) is 30.7 Å². The van der Waals surface area contributed by atoms with Gasteiger partial charge in [0.05, 0.1) is 12.1 Å². The third-order valence-corrected chi connectivity index (χ3v) is 3.63. The molecule has 3 N–H and O–H groups in total. The normalized spacial score (nSPS) is 26.1. The summed E-state index contributed by atoms with van der Waals surface area (Å²) in [5.41, 5.74) is 4.06. The lowest BCUT2D eigenvalue weighted by molar-refractivity contribution is 0.0610. The Bertz CT molecular complexity index is 372. The van der Waals surface area contributed by atoms with Gasteiger partial charge in [0.1, 0.15) is 0 Å². The van der Waals surface area contributed by atoms with Gasteiger partial charge < -0.3 is 4.74 Å². The first-order valence-corrected chi connectivity index (χ1v) is 6.40. The zero-order chi connectivity index (χ0) is 12.3. The minimum atomic E-state index is 0.144. The molecule has 0 amide bonds. The van der Waals surface area contributed by atoms with E-state index in [1.54, 1.807) is 0 Å². The molecule has 1 aliphatic rings. The van der Waals surface area contributed by atoms with Gasteiger partial charge in [-0.15, -0.1) is 0 Å². The molecule has 3 atom stereocenters. The lowest BCUT2D eigenvalue weighted by Crippen LogP contribution is -2.47. The van der Waals surface area contributed by atoms with E-state index in [9.17, 15) is 0 Å². The van der Waals surface area contributed by atoms with Crippen LogP contribution in [0.3, 0.4) is 0 Å². The number of rotatable bonds is 4. The average Bonchev–Trinajstić information content (AvgIpc) is 2.72. The molecule has 0 aliphatic carbocycles. The summed E-state index contributed by atoms with van der Waals surface area (Å²) >= 11 is 5.98. The summed E-state index contributed by atoms with van der Waals surface area (Å²) in [5, 5.41) is 0.763. The number of benzene rings is 1. The zero-order valence-corrected chi connectivity index (χ0v) is 10.8. The highest BCUT2D eigenvalue weighted by atomic mass is 35.5. The summed E-state index contributed by atoms with van der Waals surface area (Å²) in [6.45, 7) is 3.04. The molecule has 1 saturated heterocycles. The van der Waals surface area contributed by atoms with Crippen molar-refractivity contribution < 1.29 is 4.74 Å². The van der Waals surface area contributed by atoms with E-state index in [1.165, 1.54) is 5.56 Å². The van der Waals surface area contributed by atoms with E-state index in [4.69, 9.17) is 22.2 Å². The van der Waals surface area contributed by atoms with Crippen LogP contribution in [-0.4, -0.2) is 18.8 Å². The monoisotopic (exact) mass is 254 g/mol. The van der Waals surface area contributed by atoms with Crippen LogP contribution in [0.2, 0.25) is 5.02 Å². The fourth-order valence-electron chi connectivity index (χ4n) is 2.42. The standard InChI is InChI=1S/C13H19ClN2O/c1-9-5-6-17-13(9)12(16-15)8-10-3-2-4-11(14)7-10/h2-4,7,9,12-13,16H,5-6,8,15H2,1H3. The van der Waals surface area contributed by atoms with Crippen molar-refractivity contribution in [3.8, 4) is 0 Å². The molecular formula is C13H19ClN2O. The second-order valence-electron chi connectivity index (χ2n) is 4.71. The molecule has 17 heavy (non-hydrogen) atoms. The number of halogens is 1. The number of nitrogens with one attached hydrogen (secondary N) is 1. The topological polar surface area (TPSA) is 47.3 Å². The molecule has 2 rings (SSSR count). The van der Waals surface area contributed by atoms with Crippen molar-refractivity contribution in [1.29, 1.82) is 0 Å². The SMILES string of the molecule is CC1CCOC1C(Cc1cccc(Cl)c1)NN. The first-order valence-electron chi connectivity index (χ1n) is 6.03. The van der Waals surface area contributed by atoms with Gasteiger partial charge in [0.2, 0.25) is 0 Å². The molecule has 0 bridgehead atoms. The lowest BCUT2D eigenvalue weighted by atomic mass is 9.93. The van der Waals surface area contributed by atoms with E-state index in [0.29, 0.717) is 5.92 Å². The van der Waals surface area contributed by atoms with Crippen molar-refractivity contribution in [2.45, 2.75) is 31.9 Å². The Labute approximate surface area is 107 Å². The van der Waals surface area contributed by atoms with Crippen LogP contribution in [-0.2, 0) is 11.2 Å². The maximum absolute atomic E-state index is 5.98. The fourth-order valence-corrected chi connectivity index (χ4v) is 2.63. The van der Waals surface area contributed by atoms with E-state index in [2.05, 4.69) is 18.4 Å². The average molecular weight is 255 g/mol. The van der Waals surface area contributed by atoms with Crippen molar-refractivity contribution in [2.75, 3.05) is 6.61 Å². The Morgan fingerprint density at radius 1 is 1.59 bits per heavy atom. The van der Waals surface area contributed by atoms with Gasteiger partial charge in [-0.2, -0.15) is 0 Å². The number of hydrogen-bond acceptors (Lipinski definition) is 3. The molecule has 1 fully saturated rings. The van der Waals surface area contributed by atoms with E-state index in [-0.39, 0.29) is 12.1 Å². The van der Waals surface area contributed by atoms with Crippen molar-refractivity contribution in [3.05, 3.63) is 34.9 Å². The highest BCUT2D eigenvalue weighted by Gasteiger charge is 2.31. The van der Waals surface area contributed by atoms with Crippen LogP contribution in [0.4, 0.5) is 0 Å². The minimum absolute atomic E-state index is 0.144. The first kappa shape index (κ1) is 12.8. The van der Waals surface area contributed by atoms with E-state index >= 15 is 0 Å². The Kier molecular flexibility index (Phi) is 4.40. The molecular weight excluding hydrogens is 236 g/mol. The summed E-state index contributed by atoms with van der Waals surface area (Å²) in [7, 11) is 0. The second kappa shape index (κ2) is 5.83. The molecule has 1 heterocycles.